The Hall–Kier alpha value is -0.0800. The minimum Gasteiger partial charge on any atom is -0.316 e. The number of hydrogen-bond acceptors (Lipinski definition) is 2. The highest BCUT2D eigenvalue weighted by atomic mass is 14.9. The summed E-state index contributed by atoms with van der Waals surface area (Å²) in [4.78, 5) is 0. The van der Waals surface area contributed by atoms with Crippen molar-refractivity contribution in [3.05, 3.63) is 0 Å². The molecule has 1 heterocycles. The normalized spacial score (nSPS) is 28.9. The van der Waals surface area contributed by atoms with Crippen molar-refractivity contribution in [3.8, 4) is 0 Å². The zero-order chi connectivity index (χ0) is 13.3. The van der Waals surface area contributed by atoms with E-state index in [9.17, 15) is 0 Å². The first-order chi connectivity index (χ1) is 9.17. The van der Waals surface area contributed by atoms with Crippen molar-refractivity contribution >= 4 is 0 Å². The van der Waals surface area contributed by atoms with Crippen LogP contribution in [0.3, 0.4) is 0 Å². The highest BCUT2D eigenvalue weighted by Crippen LogP contribution is 2.48. The van der Waals surface area contributed by atoms with Crippen molar-refractivity contribution in [1.29, 1.82) is 0 Å². The van der Waals surface area contributed by atoms with Crippen LogP contribution in [0.25, 0.3) is 0 Å². The van der Waals surface area contributed by atoms with Gasteiger partial charge in [0, 0.05) is 6.54 Å². The van der Waals surface area contributed by atoms with Crippen LogP contribution in [0.5, 0.6) is 0 Å². The monoisotopic (exact) mass is 264 g/mol. The molecule has 1 unspecified atom stereocenters. The highest BCUT2D eigenvalue weighted by molar-refractivity contribution is 4.93. The van der Waals surface area contributed by atoms with Gasteiger partial charge in [-0.15, -0.1) is 0 Å². The predicted molar refractivity (Wildman–Crippen MR) is 81.2 cm³/mol. The lowest BCUT2D eigenvalue weighted by Crippen LogP contribution is -2.44. The lowest BCUT2D eigenvalue weighted by atomic mass is 9.75. The van der Waals surface area contributed by atoms with Crippen LogP contribution in [0.15, 0.2) is 0 Å². The molecule has 2 heteroatoms. The minimum absolute atomic E-state index is 0.449. The molecular weight excluding hydrogens is 232 g/mol. The molecule has 0 aromatic rings. The van der Waals surface area contributed by atoms with Crippen LogP contribution in [-0.2, 0) is 0 Å². The van der Waals surface area contributed by atoms with Crippen LogP contribution < -0.4 is 10.6 Å². The number of piperidine rings is 1. The average molecular weight is 264 g/mol. The van der Waals surface area contributed by atoms with Crippen molar-refractivity contribution in [1.82, 2.24) is 10.6 Å². The molecule has 3 aliphatic rings. The number of nitrogens with one attached hydrogen (secondary N) is 2. The molecule has 0 amide bonds. The molecule has 110 valence electrons. The molecule has 1 atom stereocenters. The van der Waals surface area contributed by atoms with Crippen molar-refractivity contribution in [3.63, 3.8) is 0 Å². The lowest BCUT2D eigenvalue weighted by molar-refractivity contribution is 0.162. The summed E-state index contributed by atoms with van der Waals surface area (Å²) in [6.45, 7) is 9.87. The van der Waals surface area contributed by atoms with Gasteiger partial charge in [-0.05, 0) is 87.2 Å². The molecule has 0 radical (unpaired) electrons. The van der Waals surface area contributed by atoms with Gasteiger partial charge in [-0.2, -0.15) is 0 Å². The summed E-state index contributed by atoms with van der Waals surface area (Å²) in [7, 11) is 0. The van der Waals surface area contributed by atoms with Crippen LogP contribution in [0.1, 0.15) is 52.4 Å². The molecule has 2 aliphatic carbocycles. The lowest BCUT2D eigenvalue weighted by Gasteiger charge is -2.38. The maximum absolute atomic E-state index is 3.84. The SMILES string of the molecule is CC(C)(CNCC(C1CC1)C1CC1)C1CCCNC1. The van der Waals surface area contributed by atoms with E-state index in [2.05, 4.69) is 24.5 Å². The van der Waals surface area contributed by atoms with Gasteiger partial charge in [0.2, 0.25) is 0 Å². The standard InChI is InChI=1S/C17H32N2/c1-17(2,15-4-3-9-18-10-15)12-19-11-16(13-5-6-13)14-7-8-14/h13-16,18-19H,3-12H2,1-2H3. The Balaban J connectivity index is 1.42. The summed E-state index contributed by atoms with van der Waals surface area (Å²) in [6.07, 6.45) is 8.83. The van der Waals surface area contributed by atoms with Gasteiger partial charge in [0.25, 0.3) is 0 Å². The Morgan fingerprint density at radius 1 is 1.11 bits per heavy atom. The van der Waals surface area contributed by atoms with Crippen molar-refractivity contribution in [2.24, 2.45) is 29.1 Å². The van der Waals surface area contributed by atoms with Gasteiger partial charge in [-0.3, -0.25) is 0 Å². The molecule has 2 saturated carbocycles. The van der Waals surface area contributed by atoms with Gasteiger partial charge in [0.15, 0.2) is 0 Å². The Labute approximate surface area is 119 Å². The van der Waals surface area contributed by atoms with Gasteiger partial charge in [0.1, 0.15) is 0 Å². The second kappa shape index (κ2) is 5.73. The average Bonchev–Trinajstić information content (AvgIpc) is 3.29. The van der Waals surface area contributed by atoms with Crippen LogP contribution in [0, 0.1) is 29.1 Å². The van der Waals surface area contributed by atoms with Gasteiger partial charge in [-0.1, -0.05) is 13.8 Å². The van der Waals surface area contributed by atoms with Crippen LogP contribution in [0.4, 0.5) is 0 Å². The van der Waals surface area contributed by atoms with E-state index in [1.807, 2.05) is 0 Å². The van der Waals surface area contributed by atoms with E-state index in [0.717, 1.165) is 23.7 Å². The maximum Gasteiger partial charge on any atom is 0.000577 e. The third-order valence-electron chi connectivity index (χ3n) is 5.82. The fourth-order valence-corrected chi connectivity index (χ4v) is 3.99. The van der Waals surface area contributed by atoms with E-state index < -0.39 is 0 Å². The van der Waals surface area contributed by atoms with Crippen molar-refractivity contribution in [2.45, 2.75) is 52.4 Å². The highest BCUT2D eigenvalue weighted by Gasteiger charge is 2.41. The van der Waals surface area contributed by atoms with Gasteiger partial charge >= 0.3 is 0 Å². The first-order valence-corrected chi connectivity index (χ1v) is 8.58. The Kier molecular flexibility index (Phi) is 4.19. The van der Waals surface area contributed by atoms with E-state index >= 15 is 0 Å². The van der Waals surface area contributed by atoms with Crippen LogP contribution in [-0.4, -0.2) is 26.2 Å². The summed E-state index contributed by atoms with van der Waals surface area (Å²) in [5, 5.41) is 7.41. The van der Waals surface area contributed by atoms with Crippen molar-refractivity contribution < 1.29 is 0 Å². The third-order valence-corrected chi connectivity index (χ3v) is 5.82. The summed E-state index contributed by atoms with van der Waals surface area (Å²) < 4.78 is 0. The molecule has 3 rings (SSSR count). The fourth-order valence-electron chi connectivity index (χ4n) is 3.99. The maximum atomic E-state index is 3.84. The molecule has 19 heavy (non-hydrogen) atoms. The minimum atomic E-state index is 0.449. The molecule has 2 N–H and O–H groups in total. The molecule has 3 fully saturated rings. The zero-order valence-corrected chi connectivity index (χ0v) is 12.9. The summed E-state index contributed by atoms with van der Waals surface area (Å²) in [5.41, 5.74) is 0.449. The first-order valence-electron chi connectivity index (χ1n) is 8.58. The van der Waals surface area contributed by atoms with E-state index in [-0.39, 0.29) is 0 Å². The molecule has 2 nitrogen and oxygen atoms in total. The van der Waals surface area contributed by atoms with E-state index in [0.29, 0.717) is 5.41 Å². The summed E-state index contributed by atoms with van der Waals surface area (Å²) in [6, 6.07) is 0. The predicted octanol–water partition coefficient (Wildman–Crippen LogP) is 3.04. The molecule has 1 aliphatic heterocycles. The summed E-state index contributed by atoms with van der Waals surface area (Å²) >= 11 is 0. The second-order valence-electron chi connectivity index (χ2n) is 8.00. The second-order valence-corrected chi connectivity index (χ2v) is 8.00. The first kappa shape index (κ1) is 13.9. The molecular formula is C17H32N2. The van der Waals surface area contributed by atoms with Gasteiger partial charge in [-0.25, -0.2) is 0 Å². The number of hydrogen-bond donors (Lipinski definition) is 2. The Morgan fingerprint density at radius 3 is 2.32 bits per heavy atom. The Bertz CT molecular complexity index is 274. The fraction of sp³-hybridized carbons (Fsp3) is 1.00. The van der Waals surface area contributed by atoms with E-state index in [1.165, 1.54) is 64.7 Å². The molecule has 0 bridgehead atoms. The largest absolute Gasteiger partial charge is 0.316 e. The Morgan fingerprint density at radius 2 is 1.79 bits per heavy atom. The third kappa shape index (κ3) is 3.72. The van der Waals surface area contributed by atoms with E-state index in [1.54, 1.807) is 0 Å². The molecule has 0 aromatic carbocycles. The molecule has 1 saturated heterocycles. The zero-order valence-electron chi connectivity index (χ0n) is 12.9. The van der Waals surface area contributed by atoms with Gasteiger partial charge < -0.3 is 10.6 Å². The number of rotatable bonds is 7. The topological polar surface area (TPSA) is 24.1 Å². The molecule has 0 spiro atoms. The quantitative estimate of drug-likeness (QED) is 0.738. The van der Waals surface area contributed by atoms with Gasteiger partial charge in [0.05, 0.1) is 0 Å². The van der Waals surface area contributed by atoms with E-state index in [4.69, 9.17) is 0 Å². The smallest absolute Gasteiger partial charge is 0.000577 e. The summed E-state index contributed by atoms with van der Waals surface area (Å²) in [5.74, 6) is 4.04. The van der Waals surface area contributed by atoms with Crippen LogP contribution in [0.2, 0.25) is 0 Å². The van der Waals surface area contributed by atoms with Crippen LogP contribution >= 0.6 is 0 Å². The molecule has 0 aromatic heterocycles. The van der Waals surface area contributed by atoms with Crippen molar-refractivity contribution in [2.75, 3.05) is 26.2 Å².